The smallest absolute Gasteiger partial charge is 0.339 e. The minimum Gasteiger partial charge on any atom is -0.497 e. The van der Waals surface area contributed by atoms with Crippen LogP contribution in [0.25, 0.3) is 0 Å². The van der Waals surface area contributed by atoms with E-state index in [0.29, 0.717) is 30.2 Å². The SMILES string of the molecule is COC(=O)C[C@](O)(CCCC(C)(C)OC(C)=O)C(=O)O[C@@H]1/C(OC)=C\CCCCN2CCc3cc4c(cc3[C@H]1C2)OCO4. The average Bonchev–Trinajstić information content (AvgIpc) is 3.33. The van der Waals surface area contributed by atoms with Gasteiger partial charge in [0.25, 0.3) is 0 Å². The molecule has 0 radical (unpaired) electrons. The number of hydrogen-bond donors (Lipinski definition) is 1. The van der Waals surface area contributed by atoms with Gasteiger partial charge in [-0.3, -0.25) is 9.59 Å². The third kappa shape index (κ3) is 8.20. The second-order valence-corrected chi connectivity index (χ2v) is 12.2. The molecule has 2 bridgehead atoms. The Bertz CT molecular complexity index is 1210. The average molecular weight is 604 g/mol. The molecule has 3 heterocycles. The molecular weight excluding hydrogens is 558 g/mol. The van der Waals surface area contributed by atoms with Gasteiger partial charge in [0.2, 0.25) is 6.79 Å². The Morgan fingerprint density at radius 2 is 1.81 bits per heavy atom. The summed E-state index contributed by atoms with van der Waals surface area (Å²) in [7, 11) is 2.75. The number of allylic oxidation sites excluding steroid dienone is 1. The fourth-order valence-corrected chi connectivity index (χ4v) is 6.19. The van der Waals surface area contributed by atoms with Gasteiger partial charge in [0.05, 0.1) is 20.6 Å². The zero-order valence-corrected chi connectivity index (χ0v) is 25.9. The Kier molecular flexibility index (Phi) is 10.6. The van der Waals surface area contributed by atoms with Gasteiger partial charge in [-0.25, -0.2) is 4.79 Å². The maximum Gasteiger partial charge on any atom is 0.339 e. The van der Waals surface area contributed by atoms with Crippen LogP contribution in [0.5, 0.6) is 11.5 Å². The summed E-state index contributed by atoms with van der Waals surface area (Å²) >= 11 is 0. The molecular formula is C32H45NO10. The largest absolute Gasteiger partial charge is 0.497 e. The number of carbonyl (C=O) groups is 3. The van der Waals surface area contributed by atoms with Crippen molar-refractivity contribution in [2.45, 2.75) is 95.4 Å². The van der Waals surface area contributed by atoms with Gasteiger partial charge in [0.15, 0.2) is 23.2 Å². The van der Waals surface area contributed by atoms with E-state index in [2.05, 4.69) is 4.90 Å². The number of methoxy groups -OCH3 is 2. The Morgan fingerprint density at radius 1 is 1.07 bits per heavy atom. The molecule has 0 saturated carbocycles. The summed E-state index contributed by atoms with van der Waals surface area (Å²) in [5, 5.41) is 11.7. The van der Waals surface area contributed by atoms with Crippen molar-refractivity contribution in [2.75, 3.05) is 40.6 Å². The number of fused-ring (bicyclic) bond motifs is 5. The van der Waals surface area contributed by atoms with Crippen molar-refractivity contribution in [3.63, 3.8) is 0 Å². The Hall–Kier alpha value is -3.31. The van der Waals surface area contributed by atoms with Crippen LogP contribution in [0.4, 0.5) is 0 Å². The van der Waals surface area contributed by atoms with Crippen molar-refractivity contribution in [3.8, 4) is 11.5 Å². The molecule has 1 unspecified atom stereocenters. The molecule has 0 aliphatic carbocycles. The van der Waals surface area contributed by atoms with Crippen molar-refractivity contribution in [1.29, 1.82) is 0 Å². The summed E-state index contributed by atoms with van der Waals surface area (Å²) in [5.41, 5.74) is -0.947. The number of hydrogen-bond acceptors (Lipinski definition) is 11. The first-order valence-electron chi connectivity index (χ1n) is 15.0. The van der Waals surface area contributed by atoms with E-state index in [1.807, 2.05) is 18.2 Å². The molecule has 1 aromatic rings. The number of nitrogens with zero attached hydrogens (tertiary/aromatic N) is 1. The first-order chi connectivity index (χ1) is 20.4. The number of carbonyl (C=O) groups excluding carboxylic acids is 3. The van der Waals surface area contributed by atoms with Crippen molar-refractivity contribution in [1.82, 2.24) is 4.90 Å². The lowest BCUT2D eigenvalue weighted by Crippen LogP contribution is -2.46. The highest BCUT2D eigenvalue weighted by Gasteiger charge is 2.45. The number of esters is 3. The normalized spacial score (nSPS) is 24.2. The van der Waals surface area contributed by atoms with E-state index in [1.54, 1.807) is 21.0 Å². The molecule has 11 nitrogen and oxygen atoms in total. The minimum atomic E-state index is -2.17. The van der Waals surface area contributed by atoms with Crippen molar-refractivity contribution in [2.24, 2.45) is 0 Å². The Balaban J connectivity index is 1.68. The molecule has 43 heavy (non-hydrogen) atoms. The first-order valence-corrected chi connectivity index (χ1v) is 15.0. The molecule has 0 fully saturated rings. The van der Waals surface area contributed by atoms with E-state index < -0.39 is 41.6 Å². The molecule has 4 atom stereocenters. The standard InChI is InChI=1S/C32H45NO10/c1-21(34)43-31(2,3)12-9-13-32(37,18-28(35)39-5)30(36)42-29-24-19-33(14-8-6-7-10-25(29)38-4)15-11-22-16-26-27(17-23(22)24)41-20-40-26/h10,16-17,24,29,37H,6-9,11-15,18-20H2,1-5H3/b25-10+/t24-,29+,32-/m1/s1. The number of aliphatic hydroxyl groups is 1. The topological polar surface area (TPSA) is 130 Å². The van der Waals surface area contributed by atoms with Crippen LogP contribution in [0.15, 0.2) is 24.0 Å². The third-order valence-corrected chi connectivity index (χ3v) is 8.41. The summed E-state index contributed by atoms with van der Waals surface area (Å²) in [5.74, 6) is -0.639. The maximum absolute atomic E-state index is 14.0. The van der Waals surface area contributed by atoms with E-state index in [-0.39, 0.29) is 25.6 Å². The van der Waals surface area contributed by atoms with Gasteiger partial charge in [0, 0.05) is 25.9 Å². The molecule has 11 heteroatoms. The molecule has 3 aliphatic rings. The summed E-state index contributed by atoms with van der Waals surface area (Å²) < 4.78 is 33.6. The van der Waals surface area contributed by atoms with Crippen LogP contribution in [0.3, 0.4) is 0 Å². The van der Waals surface area contributed by atoms with Crippen LogP contribution in [0, 0.1) is 0 Å². The van der Waals surface area contributed by atoms with Crippen molar-refractivity contribution in [3.05, 3.63) is 35.1 Å². The molecule has 3 aliphatic heterocycles. The lowest BCUT2D eigenvalue weighted by Gasteiger charge is -2.35. The van der Waals surface area contributed by atoms with Gasteiger partial charge >= 0.3 is 17.9 Å². The molecule has 1 N–H and O–H groups in total. The summed E-state index contributed by atoms with van der Waals surface area (Å²) in [6.07, 6.45) is 4.52. The van der Waals surface area contributed by atoms with E-state index in [9.17, 15) is 19.5 Å². The second kappa shape index (κ2) is 14.0. The van der Waals surface area contributed by atoms with Crippen LogP contribution >= 0.6 is 0 Å². The zero-order chi connectivity index (χ0) is 31.2. The third-order valence-electron chi connectivity index (χ3n) is 8.41. The molecule has 0 spiro atoms. The summed E-state index contributed by atoms with van der Waals surface area (Å²) in [6, 6.07) is 3.96. The highest BCUT2D eigenvalue weighted by atomic mass is 16.7. The number of rotatable bonds is 10. The van der Waals surface area contributed by atoms with Crippen LogP contribution in [0.2, 0.25) is 0 Å². The van der Waals surface area contributed by atoms with Gasteiger partial charge in [-0.1, -0.05) is 0 Å². The van der Waals surface area contributed by atoms with Gasteiger partial charge in [-0.05, 0) is 94.7 Å². The van der Waals surface area contributed by atoms with Crippen LogP contribution in [-0.4, -0.2) is 85.9 Å². The van der Waals surface area contributed by atoms with Crippen LogP contribution in [-0.2, 0) is 39.8 Å². The van der Waals surface area contributed by atoms with Gasteiger partial charge in [-0.2, -0.15) is 0 Å². The van der Waals surface area contributed by atoms with E-state index >= 15 is 0 Å². The fourth-order valence-electron chi connectivity index (χ4n) is 6.19. The molecule has 0 saturated heterocycles. The minimum absolute atomic E-state index is 0.101. The van der Waals surface area contributed by atoms with E-state index in [4.69, 9.17) is 28.4 Å². The van der Waals surface area contributed by atoms with Gasteiger partial charge in [-0.15, -0.1) is 0 Å². The maximum atomic E-state index is 14.0. The lowest BCUT2D eigenvalue weighted by molar-refractivity contribution is -0.179. The molecule has 0 aromatic heterocycles. The number of ether oxygens (including phenoxy) is 6. The predicted molar refractivity (Wildman–Crippen MR) is 156 cm³/mol. The first kappa shape index (κ1) is 32.6. The van der Waals surface area contributed by atoms with Crippen LogP contribution in [0.1, 0.15) is 82.8 Å². The van der Waals surface area contributed by atoms with Gasteiger partial charge < -0.3 is 38.4 Å². The highest BCUT2D eigenvalue weighted by Crippen LogP contribution is 2.42. The van der Waals surface area contributed by atoms with Crippen LogP contribution < -0.4 is 9.47 Å². The Labute approximate surface area is 253 Å². The zero-order valence-electron chi connectivity index (χ0n) is 25.9. The van der Waals surface area contributed by atoms with E-state index in [1.165, 1.54) is 14.0 Å². The number of benzene rings is 1. The van der Waals surface area contributed by atoms with Crippen molar-refractivity contribution >= 4 is 17.9 Å². The fraction of sp³-hybridized carbons (Fsp3) is 0.656. The molecule has 0 amide bonds. The van der Waals surface area contributed by atoms with Gasteiger partial charge in [0.1, 0.15) is 11.4 Å². The van der Waals surface area contributed by atoms with Crippen molar-refractivity contribution < 1.29 is 47.9 Å². The lowest BCUT2D eigenvalue weighted by atomic mass is 9.86. The second-order valence-electron chi connectivity index (χ2n) is 12.2. The molecule has 4 rings (SSSR count). The summed E-state index contributed by atoms with van der Waals surface area (Å²) in [6.45, 7) is 7.31. The Morgan fingerprint density at radius 3 is 2.51 bits per heavy atom. The summed E-state index contributed by atoms with van der Waals surface area (Å²) in [4.78, 5) is 40.2. The monoisotopic (exact) mass is 603 g/mol. The quantitative estimate of drug-likeness (QED) is 0.310. The molecule has 238 valence electrons. The predicted octanol–water partition coefficient (Wildman–Crippen LogP) is 3.79. The molecule has 1 aromatic carbocycles. The van der Waals surface area contributed by atoms with E-state index in [0.717, 1.165) is 49.9 Å². The highest BCUT2D eigenvalue weighted by molar-refractivity contribution is 5.86.